The Morgan fingerprint density at radius 1 is 0.952 bits per heavy atom. The van der Waals surface area contributed by atoms with Gasteiger partial charge in [0, 0.05) is 6.54 Å². The van der Waals surface area contributed by atoms with Gasteiger partial charge in [0.25, 0.3) is 0 Å². The molecule has 0 aliphatic heterocycles. The average Bonchev–Trinajstić information content (AvgIpc) is 2.38. The van der Waals surface area contributed by atoms with E-state index in [1.165, 1.54) is 0 Å². The van der Waals surface area contributed by atoms with Crippen LogP contribution < -0.4 is 0 Å². The summed E-state index contributed by atoms with van der Waals surface area (Å²) in [4.78, 5) is 1.71. The van der Waals surface area contributed by atoms with E-state index in [1.807, 2.05) is 0 Å². The summed E-state index contributed by atoms with van der Waals surface area (Å²) >= 11 is 0. The SMILES string of the molecule is CCN(CC)CCOCC(F)(F)C(F)(F)C(F)(F)C(F)F. The first-order valence-electron chi connectivity index (χ1n) is 6.15. The second kappa shape index (κ2) is 7.57. The fourth-order valence-electron chi connectivity index (χ4n) is 1.41. The molecule has 0 aromatic heterocycles. The number of hydrogen-bond donors (Lipinski definition) is 0. The number of alkyl halides is 8. The summed E-state index contributed by atoms with van der Waals surface area (Å²) in [6, 6.07) is 0. The summed E-state index contributed by atoms with van der Waals surface area (Å²) in [7, 11) is 0. The van der Waals surface area contributed by atoms with Gasteiger partial charge in [-0.2, -0.15) is 26.3 Å². The number of likely N-dealkylation sites (N-methyl/N-ethyl adjacent to an activating group) is 1. The predicted octanol–water partition coefficient (Wildman–Crippen LogP) is 3.52. The Kier molecular flexibility index (Phi) is 7.34. The number of hydrogen-bond acceptors (Lipinski definition) is 2. The molecule has 0 rings (SSSR count). The molecule has 0 aromatic rings. The lowest BCUT2D eigenvalue weighted by Gasteiger charge is -2.32. The Balaban J connectivity index is 4.61. The Morgan fingerprint density at radius 2 is 1.43 bits per heavy atom. The molecule has 0 aromatic carbocycles. The second-order valence-electron chi connectivity index (χ2n) is 4.28. The molecule has 0 unspecified atom stereocenters. The van der Waals surface area contributed by atoms with Gasteiger partial charge in [0.1, 0.15) is 6.61 Å². The molecule has 10 heteroatoms. The van der Waals surface area contributed by atoms with Gasteiger partial charge in [0.05, 0.1) is 6.61 Å². The number of nitrogens with zero attached hydrogens (tertiary/aromatic N) is 1. The molecule has 0 aliphatic rings. The number of halogens is 8. The number of rotatable bonds is 10. The minimum atomic E-state index is -6.20. The van der Waals surface area contributed by atoms with E-state index in [1.54, 1.807) is 18.7 Å². The normalized spacial score (nSPS) is 14.3. The van der Waals surface area contributed by atoms with Crippen molar-refractivity contribution in [3.8, 4) is 0 Å². The molecule has 0 atom stereocenters. The van der Waals surface area contributed by atoms with E-state index in [9.17, 15) is 35.1 Å². The van der Waals surface area contributed by atoms with Gasteiger partial charge >= 0.3 is 24.2 Å². The zero-order valence-corrected chi connectivity index (χ0v) is 11.5. The molecular weight excluding hydrogens is 314 g/mol. The zero-order chi connectivity index (χ0) is 16.9. The maximum Gasteiger partial charge on any atom is 0.380 e. The lowest BCUT2D eigenvalue weighted by Crippen LogP contribution is -2.59. The molecule has 2 nitrogen and oxygen atoms in total. The summed E-state index contributed by atoms with van der Waals surface area (Å²) in [5, 5.41) is 0. The van der Waals surface area contributed by atoms with Crippen molar-refractivity contribution in [3.05, 3.63) is 0 Å². The van der Waals surface area contributed by atoms with E-state index in [4.69, 9.17) is 0 Å². The van der Waals surface area contributed by atoms with Gasteiger partial charge in [0.15, 0.2) is 0 Å². The standard InChI is InChI=1S/C11H17F8NO/c1-3-20(4-2)5-6-21-7-9(14,15)11(18,19)10(16,17)8(12)13/h8H,3-7H2,1-2H3. The Hall–Kier alpha value is -0.640. The van der Waals surface area contributed by atoms with Gasteiger partial charge in [-0.3, -0.25) is 0 Å². The third-order valence-electron chi connectivity index (χ3n) is 2.88. The highest BCUT2D eigenvalue weighted by Crippen LogP contribution is 2.48. The van der Waals surface area contributed by atoms with Crippen molar-refractivity contribution in [2.24, 2.45) is 0 Å². The molecule has 0 saturated carbocycles. The molecule has 0 heterocycles. The molecule has 0 spiro atoms. The Labute approximate surface area is 117 Å². The van der Waals surface area contributed by atoms with E-state index in [-0.39, 0.29) is 6.54 Å². The van der Waals surface area contributed by atoms with Crippen LogP contribution in [0.4, 0.5) is 35.1 Å². The fourth-order valence-corrected chi connectivity index (χ4v) is 1.41. The molecule has 0 radical (unpaired) electrons. The topological polar surface area (TPSA) is 12.5 Å². The van der Waals surface area contributed by atoms with Gasteiger partial charge in [-0.25, -0.2) is 8.78 Å². The fraction of sp³-hybridized carbons (Fsp3) is 1.00. The highest BCUT2D eigenvalue weighted by atomic mass is 19.4. The van der Waals surface area contributed by atoms with Crippen molar-refractivity contribution >= 4 is 0 Å². The smallest absolute Gasteiger partial charge is 0.374 e. The van der Waals surface area contributed by atoms with Gasteiger partial charge in [-0.05, 0) is 13.1 Å². The van der Waals surface area contributed by atoms with E-state index in [0.717, 1.165) is 0 Å². The first-order valence-corrected chi connectivity index (χ1v) is 6.15. The highest BCUT2D eigenvalue weighted by Gasteiger charge is 2.75. The van der Waals surface area contributed by atoms with Crippen LogP contribution in [0.25, 0.3) is 0 Å². The first kappa shape index (κ1) is 20.4. The van der Waals surface area contributed by atoms with Gasteiger partial charge in [-0.1, -0.05) is 13.8 Å². The summed E-state index contributed by atoms with van der Waals surface area (Å²) in [5.41, 5.74) is 0. The van der Waals surface area contributed by atoms with Crippen LogP contribution in [-0.2, 0) is 4.74 Å². The largest absolute Gasteiger partial charge is 0.380 e. The third-order valence-corrected chi connectivity index (χ3v) is 2.88. The van der Waals surface area contributed by atoms with E-state index < -0.39 is 37.4 Å². The molecular formula is C11H17F8NO. The summed E-state index contributed by atoms with van der Waals surface area (Å²) in [5.74, 6) is -17.8. The van der Waals surface area contributed by atoms with Gasteiger partial charge in [-0.15, -0.1) is 0 Å². The van der Waals surface area contributed by atoms with E-state index in [0.29, 0.717) is 13.1 Å². The van der Waals surface area contributed by atoms with Gasteiger partial charge in [0.2, 0.25) is 0 Å². The maximum atomic E-state index is 13.0. The molecule has 0 amide bonds. The molecule has 0 saturated heterocycles. The summed E-state index contributed by atoms with van der Waals surface area (Å²) < 4.78 is 105. The Morgan fingerprint density at radius 3 is 1.81 bits per heavy atom. The van der Waals surface area contributed by atoms with Crippen molar-refractivity contribution in [3.63, 3.8) is 0 Å². The second-order valence-corrected chi connectivity index (χ2v) is 4.28. The van der Waals surface area contributed by atoms with Crippen LogP contribution in [0.2, 0.25) is 0 Å². The van der Waals surface area contributed by atoms with Crippen LogP contribution in [0.3, 0.4) is 0 Å². The van der Waals surface area contributed by atoms with Crippen molar-refractivity contribution < 1.29 is 39.9 Å². The molecule has 0 aliphatic carbocycles. The van der Waals surface area contributed by atoms with Crippen molar-refractivity contribution in [2.75, 3.05) is 32.8 Å². The quantitative estimate of drug-likeness (QED) is 0.449. The highest BCUT2D eigenvalue weighted by molar-refractivity contribution is 4.97. The summed E-state index contributed by atoms with van der Waals surface area (Å²) in [6.45, 7) is 2.27. The lowest BCUT2D eigenvalue weighted by atomic mass is 10.1. The third kappa shape index (κ3) is 4.67. The first-order chi connectivity index (χ1) is 9.44. The minimum absolute atomic E-state index is 0.125. The van der Waals surface area contributed by atoms with Crippen molar-refractivity contribution in [2.45, 2.75) is 38.0 Å². The van der Waals surface area contributed by atoms with Crippen LogP contribution in [0.1, 0.15) is 13.8 Å². The van der Waals surface area contributed by atoms with E-state index in [2.05, 4.69) is 4.74 Å². The molecule has 0 N–H and O–H groups in total. The number of ether oxygens (including phenoxy) is 1. The van der Waals surface area contributed by atoms with E-state index >= 15 is 0 Å². The molecule has 21 heavy (non-hydrogen) atoms. The zero-order valence-electron chi connectivity index (χ0n) is 11.5. The molecule has 128 valence electrons. The predicted molar refractivity (Wildman–Crippen MR) is 59.5 cm³/mol. The van der Waals surface area contributed by atoms with Crippen LogP contribution in [-0.4, -0.2) is 61.9 Å². The van der Waals surface area contributed by atoms with Crippen LogP contribution in [0, 0.1) is 0 Å². The van der Waals surface area contributed by atoms with Crippen molar-refractivity contribution in [1.29, 1.82) is 0 Å². The summed E-state index contributed by atoms with van der Waals surface area (Å²) in [6.07, 6.45) is -4.91. The maximum absolute atomic E-state index is 13.0. The average molecular weight is 331 g/mol. The van der Waals surface area contributed by atoms with Crippen molar-refractivity contribution in [1.82, 2.24) is 4.90 Å². The minimum Gasteiger partial charge on any atom is -0.374 e. The Bertz CT molecular complexity index is 307. The van der Waals surface area contributed by atoms with Gasteiger partial charge < -0.3 is 9.64 Å². The van der Waals surface area contributed by atoms with Crippen LogP contribution in [0.15, 0.2) is 0 Å². The molecule has 0 bridgehead atoms. The molecule has 0 fully saturated rings. The lowest BCUT2D eigenvalue weighted by molar-refractivity contribution is -0.346. The van der Waals surface area contributed by atoms with Crippen LogP contribution >= 0.6 is 0 Å². The monoisotopic (exact) mass is 331 g/mol. The van der Waals surface area contributed by atoms with Crippen LogP contribution in [0.5, 0.6) is 0 Å².